The third kappa shape index (κ3) is 5.25. The van der Waals surface area contributed by atoms with Crippen LogP contribution in [0.2, 0.25) is 0 Å². The molecule has 276 valence electrons. The van der Waals surface area contributed by atoms with Gasteiger partial charge in [-0.05, 0) is 125 Å². The molecule has 0 spiro atoms. The maximum Gasteiger partial charge on any atom is 0.264 e. The normalized spacial score (nSPS) is 15.8. The molecule has 7 aromatic carbocycles. The number of hydrogen-bond donors (Lipinski definition) is 0. The Morgan fingerprint density at radius 1 is 0.509 bits per heavy atom. The van der Waals surface area contributed by atoms with Crippen LogP contribution in [-0.2, 0) is 10.8 Å². The monoisotopic (exact) mass is 753 g/mol. The zero-order chi connectivity index (χ0) is 38.5. The van der Waals surface area contributed by atoms with Gasteiger partial charge >= 0.3 is 0 Å². The van der Waals surface area contributed by atoms with Crippen molar-refractivity contribution in [2.45, 2.75) is 51.4 Å². The molecule has 0 atom stereocenters. The zero-order valence-electron chi connectivity index (χ0n) is 32.9. The highest BCUT2D eigenvalue weighted by atomic mass is 32.1. The van der Waals surface area contributed by atoms with Crippen molar-refractivity contribution < 1.29 is 0 Å². The maximum absolute atomic E-state index is 2.61. The summed E-state index contributed by atoms with van der Waals surface area (Å²) in [5.74, 6) is 0. The van der Waals surface area contributed by atoms with Crippen LogP contribution in [0.25, 0.3) is 10.1 Å². The molecule has 1 aliphatic carbocycles. The highest BCUT2D eigenvalue weighted by molar-refractivity contribution is 7.33. The lowest BCUT2D eigenvalue weighted by Crippen LogP contribution is -2.60. The summed E-state index contributed by atoms with van der Waals surface area (Å²) in [5.41, 5.74) is 16.7. The highest BCUT2D eigenvalue weighted by Gasteiger charge is 2.46. The molecule has 0 bridgehead atoms. The molecule has 2 aliphatic heterocycles. The van der Waals surface area contributed by atoms with E-state index in [2.05, 4.69) is 212 Å². The fourth-order valence-electron chi connectivity index (χ4n) is 9.93. The summed E-state index contributed by atoms with van der Waals surface area (Å²) in [4.78, 5) is 7.50. The van der Waals surface area contributed by atoms with Gasteiger partial charge in [-0.3, -0.25) is 0 Å². The van der Waals surface area contributed by atoms with Crippen LogP contribution in [0, 0.1) is 0 Å². The van der Waals surface area contributed by atoms with E-state index in [1.807, 2.05) is 11.3 Å². The van der Waals surface area contributed by atoms with E-state index in [1.54, 1.807) is 0 Å². The number of nitrogens with zero attached hydrogens (tertiary/aromatic N) is 3. The average molecular weight is 754 g/mol. The Morgan fingerprint density at radius 2 is 1.12 bits per heavy atom. The molecule has 0 amide bonds. The van der Waals surface area contributed by atoms with Gasteiger partial charge in [-0.1, -0.05) is 119 Å². The highest BCUT2D eigenvalue weighted by Crippen LogP contribution is 2.51. The van der Waals surface area contributed by atoms with Crippen molar-refractivity contribution in [3.05, 3.63) is 181 Å². The van der Waals surface area contributed by atoms with Gasteiger partial charge in [-0.25, -0.2) is 0 Å². The Morgan fingerprint density at radius 3 is 1.82 bits per heavy atom. The Kier molecular flexibility index (Phi) is 7.65. The first-order valence-electron chi connectivity index (χ1n) is 20.3. The summed E-state index contributed by atoms with van der Waals surface area (Å²) in [6, 6.07) is 63.0. The van der Waals surface area contributed by atoms with Gasteiger partial charge in [0, 0.05) is 60.4 Å². The molecule has 0 saturated carbocycles. The first-order valence-corrected chi connectivity index (χ1v) is 21.1. The molecule has 0 unspecified atom stereocenters. The number of hydrogen-bond acceptors (Lipinski definition) is 4. The number of fused-ring (bicyclic) bond motifs is 7. The van der Waals surface area contributed by atoms with Crippen molar-refractivity contribution in [1.29, 1.82) is 0 Å². The van der Waals surface area contributed by atoms with Gasteiger partial charge in [0.2, 0.25) is 0 Å². The second-order valence-corrected chi connectivity index (χ2v) is 18.3. The van der Waals surface area contributed by atoms with E-state index in [0.717, 1.165) is 22.7 Å². The molecule has 3 aliphatic rings. The van der Waals surface area contributed by atoms with Gasteiger partial charge in [-0.2, -0.15) is 0 Å². The second-order valence-electron chi connectivity index (χ2n) is 17.2. The van der Waals surface area contributed by atoms with Crippen LogP contribution < -0.4 is 30.4 Å². The van der Waals surface area contributed by atoms with E-state index in [-0.39, 0.29) is 17.5 Å². The Balaban J connectivity index is 1.18. The number of anilines is 9. The summed E-state index contributed by atoms with van der Waals surface area (Å²) in [6.45, 7) is 9.78. The summed E-state index contributed by atoms with van der Waals surface area (Å²) >= 11 is 1.96. The molecule has 11 rings (SSSR count). The molecule has 57 heavy (non-hydrogen) atoms. The predicted molar refractivity (Wildman–Crippen MR) is 246 cm³/mol. The quantitative estimate of drug-likeness (QED) is 0.162. The van der Waals surface area contributed by atoms with E-state index in [0.29, 0.717) is 0 Å². The molecule has 0 saturated heterocycles. The zero-order valence-corrected chi connectivity index (χ0v) is 33.7. The van der Waals surface area contributed by atoms with Crippen molar-refractivity contribution in [2.75, 3.05) is 14.7 Å². The largest absolute Gasteiger partial charge is 0.311 e. The summed E-state index contributed by atoms with van der Waals surface area (Å²) in [7, 11) is 0. The summed E-state index contributed by atoms with van der Waals surface area (Å²) in [5, 5.41) is 1.31. The van der Waals surface area contributed by atoms with E-state index in [9.17, 15) is 0 Å². The average Bonchev–Trinajstić information content (AvgIpc) is 3.63. The van der Waals surface area contributed by atoms with Crippen molar-refractivity contribution in [3.8, 4) is 0 Å². The summed E-state index contributed by atoms with van der Waals surface area (Å²) in [6.07, 6.45) is 2.39. The lowest BCUT2D eigenvalue weighted by atomic mass is 9.36. The lowest BCUT2D eigenvalue weighted by molar-refractivity contribution is 0.332. The number of para-hydroxylation sites is 3. The van der Waals surface area contributed by atoms with Crippen molar-refractivity contribution >= 4 is 95.0 Å². The van der Waals surface area contributed by atoms with Gasteiger partial charge in [0.05, 0.1) is 5.69 Å². The van der Waals surface area contributed by atoms with Crippen molar-refractivity contribution in [1.82, 2.24) is 0 Å². The predicted octanol–water partition coefficient (Wildman–Crippen LogP) is 12.8. The van der Waals surface area contributed by atoms with Gasteiger partial charge in [0.25, 0.3) is 6.71 Å². The molecule has 0 N–H and O–H groups in total. The van der Waals surface area contributed by atoms with E-state index >= 15 is 0 Å². The van der Waals surface area contributed by atoms with Crippen LogP contribution in [0.4, 0.5) is 51.2 Å². The number of thiophene rings is 1. The minimum Gasteiger partial charge on any atom is -0.311 e. The summed E-state index contributed by atoms with van der Waals surface area (Å²) < 4.78 is 2.72. The van der Waals surface area contributed by atoms with E-state index in [1.165, 1.54) is 78.2 Å². The molecular formula is C52H44BN3S. The van der Waals surface area contributed by atoms with E-state index < -0.39 is 0 Å². The number of benzene rings is 7. The molecule has 1 aromatic heterocycles. The molecule has 3 heterocycles. The Labute approximate surface area is 340 Å². The van der Waals surface area contributed by atoms with Crippen LogP contribution in [0.5, 0.6) is 0 Å². The topological polar surface area (TPSA) is 9.72 Å². The van der Waals surface area contributed by atoms with Gasteiger partial charge in [-0.15, -0.1) is 11.3 Å². The molecular weight excluding hydrogens is 709 g/mol. The first kappa shape index (κ1) is 34.2. The van der Waals surface area contributed by atoms with Gasteiger partial charge < -0.3 is 14.7 Å². The molecule has 0 radical (unpaired) electrons. The lowest BCUT2D eigenvalue weighted by Gasteiger charge is -2.45. The molecule has 8 aromatic rings. The third-order valence-corrected chi connectivity index (χ3v) is 14.1. The Hall–Kier alpha value is -6.04. The smallest absolute Gasteiger partial charge is 0.264 e. The molecule has 3 nitrogen and oxygen atoms in total. The van der Waals surface area contributed by atoms with Crippen molar-refractivity contribution in [3.63, 3.8) is 0 Å². The number of rotatable bonds is 5. The molecule has 5 heteroatoms. The van der Waals surface area contributed by atoms with Crippen LogP contribution in [0.1, 0.15) is 51.7 Å². The maximum atomic E-state index is 2.61. The van der Waals surface area contributed by atoms with Gasteiger partial charge in [0.1, 0.15) is 0 Å². The molecule has 0 fully saturated rings. The minimum atomic E-state index is 0.0683. The third-order valence-electron chi connectivity index (χ3n) is 12.9. The van der Waals surface area contributed by atoms with Crippen LogP contribution in [0.15, 0.2) is 170 Å². The minimum absolute atomic E-state index is 0.0683. The first-order chi connectivity index (χ1) is 27.8. The fourth-order valence-corrected chi connectivity index (χ4v) is 11.3. The van der Waals surface area contributed by atoms with Crippen LogP contribution >= 0.6 is 11.3 Å². The standard InChI is InChI=1S/C52H44BN3S/c1-51(2)31-32-52(3,4)42-33-38(27-29-41(42)51)56-45-25-16-24-44-48(45)53(50-49(56)40-23-14-15-26-47(40)57-50)43-30-28-39(34-46(43)55(44)37-21-12-7-13-22-37)54(35-17-8-5-9-18-35)36-19-10-6-11-20-36/h5-30,33-34H,31-32H2,1-4H3. The SMILES string of the molecule is CC1(C)CCC(C)(C)c2cc(N3c4cccc5c4B(c4ccc(N(c6ccccc6)c6ccccc6)cc4N5c4ccccc4)c4sc5ccccc5c43)ccc21. The van der Waals surface area contributed by atoms with Crippen LogP contribution in [-0.4, -0.2) is 6.71 Å². The van der Waals surface area contributed by atoms with Crippen molar-refractivity contribution in [2.24, 2.45) is 0 Å². The van der Waals surface area contributed by atoms with Gasteiger partial charge in [0.15, 0.2) is 0 Å². The van der Waals surface area contributed by atoms with Crippen LogP contribution in [0.3, 0.4) is 0 Å². The van der Waals surface area contributed by atoms with E-state index in [4.69, 9.17) is 0 Å². The fraction of sp³-hybridized carbons (Fsp3) is 0.154. The second kappa shape index (κ2) is 12.7. The Bertz CT molecular complexity index is 2790.